The molecule has 0 bridgehead atoms. The molecule has 0 spiro atoms. The third kappa shape index (κ3) is 2.00. The second-order valence-corrected chi connectivity index (χ2v) is 6.13. The molecule has 3 heteroatoms. The van der Waals surface area contributed by atoms with Crippen LogP contribution in [0.15, 0.2) is 42.5 Å². The fourth-order valence-electron chi connectivity index (χ4n) is 3.11. The van der Waals surface area contributed by atoms with Crippen LogP contribution >= 0.6 is 0 Å². The molecule has 1 heterocycles. The van der Waals surface area contributed by atoms with Crippen molar-refractivity contribution in [2.24, 2.45) is 0 Å². The lowest BCUT2D eigenvalue weighted by Crippen LogP contribution is -2.35. The van der Waals surface area contributed by atoms with Crippen molar-refractivity contribution in [3.8, 4) is 5.75 Å². The van der Waals surface area contributed by atoms with E-state index in [4.69, 9.17) is 0 Å². The van der Waals surface area contributed by atoms with Crippen LogP contribution in [0.2, 0.25) is 0 Å². The zero-order valence-electron chi connectivity index (χ0n) is 12.6. The summed E-state index contributed by atoms with van der Waals surface area (Å²) in [5, 5.41) is 10.2. The van der Waals surface area contributed by atoms with Crippen LogP contribution in [0.3, 0.4) is 0 Å². The van der Waals surface area contributed by atoms with Crippen molar-refractivity contribution in [1.82, 2.24) is 0 Å². The van der Waals surface area contributed by atoms with Gasteiger partial charge in [-0.25, -0.2) is 0 Å². The predicted octanol–water partition coefficient (Wildman–Crippen LogP) is 3.53. The quantitative estimate of drug-likeness (QED) is 0.915. The van der Waals surface area contributed by atoms with Crippen LogP contribution in [0.25, 0.3) is 0 Å². The molecule has 1 amide bonds. The standard InChI is InChI=1S/C18H19NO2/c1-12-9-10-14(20)15-16(12)19(17(21)18(15,2)3)11-13-7-5-4-6-8-13/h4-10,20H,11H2,1-3H3. The van der Waals surface area contributed by atoms with Crippen LogP contribution in [0.1, 0.15) is 30.5 Å². The third-order valence-corrected chi connectivity index (χ3v) is 4.22. The molecule has 0 radical (unpaired) electrons. The van der Waals surface area contributed by atoms with Gasteiger partial charge < -0.3 is 10.0 Å². The summed E-state index contributed by atoms with van der Waals surface area (Å²) in [6.07, 6.45) is 0. The second-order valence-electron chi connectivity index (χ2n) is 6.13. The number of phenols is 1. The minimum absolute atomic E-state index is 0.0333. The van der Waals surface area contributed by atoms with Gasteiger partial charge >= 0.3 is 0 Å². The smallest absolute Gasteiger partial charge is 0.237 e. The largest absolute Gasteiger partial charge is 0.508 e. The fourth-order valence-corrected chi connectivity index (χ4v) is 3.11. The number of fused-ring (bicyclic) bond motifs is 1. The normalized spacial score (nSPS) is 16.1. The summed E-state index contributed by atoms with van der Waals surface area (Å²) in [7, 11) is 0. The summed E-state index contributed by atoms with van der Waals surface area (Å²) in [4.78, 5) is 14.6. The third-order valence-electron chi connectivity index (χ3n) is 4.22. The first-order valence-corrected chi connectivity index (χ1v) is 7.12. The van der Waals surface area contributed by atoms with Gasteiger partial charge in [-0.2, -0.15) is 0 Å². The lowest BCUT2D eigenvalue weighted by molar-refractivity contribution is -0.122. The molecule has 1 aliphatic rings. The summed E-state index contributed by atoms with van der Waals surface area (Å²) in [6, 6.07) is 13.5. The molecule has 0 unspecified atom stereocenters. The second kappa shape index (κ2) is 4.62. The number of carbonyl (C=O) groups is 1. The first-order chi connectivity index (χ1) is 9.93. The number of aromatic hydroxyl groups is 1. The number of anilines is 1. The molecular formula is C18H19NO2. The Morgan fingerprint density at radius 1 is 1.10 bits per heavy atom. The molecule has 0 saturated carbocycles. The SMILES string of the molecule is Cc1ccc(O)c2c1N(Cc1ccccc1)C(=O)C2(C)C. The van der Waals surface area contributed by atoms with Crippen molar-refractivity contribution in [3.05, 3.63) is 59.2 Å². The summed E-state index contributed by atoms with van der Waals surface area (Å²) in [6.45, 7) is 6.25. The van der Waals surface area contributed by atoms with Crippen LogP contribution in [0.4, 0.5) is 5.69 Å². The highest BCUT2D eigenvalue weighted by atomic mass is 16.3. The maximum Gasteiger partial charge on any atom is 0.237 e. The van der Waals surface area contributed by atoms with Crippen LogP contribution in [0, 0.1) is 6.92 Å². The van der Waals surface area contributed by atoms with E-state index in [-0.39, 0.29) is 11.7 Å². The number of nitrogens with zero attached hydrogens (tertiary/aromatic N) is 1. The zero-order valence-corrected chi connectivity index (χ0v) is 12.6. The number of aryl methyl sites for hydroxylation is 1. The van der Waals surface area contributed by atoms with Crippen LogP contribution in [-0.4, -0.2) is 11.0 Å². The van der Waals surface area contributed by atoms with Crippen molar-refractivity contribution in [3.63, 3.8) is 0 Å². The van der Waals surface area contributed by atoms with E-state index in [0.29, 0.717) is 6.54 Å². The van der Waals surface area contributed by atoms with Gasteiger partial charge in [0.25, 0.3) is 0 Å². The van der Waals surface area contributed by atoms with Crippen molar-refractivity contribution in [2.45, 2.75) is 32.7 Å². The van der Waals surface area contributed by atoms with Crippen molar-refractivity contribution in [2.75, 3.05) is 4.90 Å². The topological polar surface area (TPSA) is 40.5 Å². The van der Waals surface area contributed by atoms with Crippen molar-refractivity contribution < 1.29 is 9.90 Å². The molecule has 1 N–H and O–H groups in total. The molecule has 1 aliphatic heterocycles. The molecule has 3 rings (SSSR count). The van der Waals surface area contributed by atoms with Crippen LogP contribution in [-0.2, 0) is 16.8 Å². The molecular weight excluding hydrogens is 262 g/mol. The number of carbonyl (C=O) groups excluding carboxylic acids is 1. The fraction of sp³-hybridized carbons (Fsp3) is 0.278. The van der Waals surface area contributed by atoms with Gasteiger partial charge in [-0.1, -0.05) is 36.4 Å². The zero-order chi connectivity index (χ0) is 15.2. The molecule has 0 atom stereocenters. The Hall–Kier alpha value is -2.29. The monoisotopic (exact) mass is 281 g/mol. The van der Waals surface area contributed by atoms with Gasteiger partial charge in [0, 0.05) is 5.56 Å². The first kappa shape index (κ1) is 13.7. The van der Waals surface area contributed by atoms with E-state index >= 15 is 0 Å². The summed E-state index contributed by atoms with van der Waals surface area (Å²) < 4.78 is 0. The molecule has 0 fully saturated rings. The summed E-state index contributed by atoms with van der Waals surface area (Å²) in [5.41, 5.74) is 2.99. The van der Waals surface area contributed by atoms with Gasteiger partial charge in [-0.05, 0) is 38.0 Å². The molecule has 3 nitrogen and oxygen atoms in total. The number of hydrogen-bond acceptors (Lipinski definition) is 2. The van der Waals surface area contributed by atoms with Crippen molar-refractivity contribution in [1.29, 1.82) is 0 Å². The van der Waals surface area contributed by atoms with Crippen molar-refractivity contribution >= 4 is 11.6 Å². The van der Waals surface area contributed by atoms with E-state index in [9.17, 15) is 9.90 Å². The molecule has 0 aliphatic carbocycles. The Morgan fingerprint density at radius 3 is 2.43 bits per heavy atom. The predicted molar refractivity (Wildman–Crippen MR) is 83.5 cm³/mol. The highest BCUT2D eigenvalue weighted by Crippen LogP contribution is 2.48. The van der Waals surface area contributed by atoms with Gasteiger partial charge in [0.2, 0.25) is 5.91 Å². The van der Waals surface area contributed by atoms with Gasteiger partial charge in [-0.15, -0.1) is 0 Å². The number of rotatable bonds is 2. The Morgan fingerprint density at radius 2 is 1.76 bits per heavy atom. The molecule has 2 aromatic carbocycles. The van der Waals surface area contributed by atoms with E-state index in [0.717, 1.165) is 22.4 Å². The summed E-state index contributed by atoms with van der Waals surface area (Å²) in [5.74, 6) is 0.232. The van der Waals surface area contributed by atoms with E-state index in [1.807, 2.05) is 57.2 Å². The lowest BCUT2D eigenvalue weighted by atomic mass is 9.85. The summed E-state index contributed by atoms with van der Waals surface area (Å²) >= 11 is 0. The Labute approximate surface area is 124 Å². The number of amides is 1. The maximum absolute atomic E-state index is 12.8. The maximum atomic E-state index is 12.8. The lowest BCUT2D eigenvalue weighted by Gasteiger charge is -2.21. The minimum Gasteiger partial charge on any atom is -0.508 e. The van der Waals surface area contributed by atoms with Crippen LogP contribution in [0.5, 0.6) is 5.75 Å². The highest BCUT2D eigenvalue weighted by Gasteiger charge is 2.46. The van der Waals surface area contributed by atoms with Gasteiger partial charge in [0.15, 0.2) is 0 Å². The number of phenolic OH excluding ortho intramolecular Hbond substituents is 1. The minimum atomic E-state index is -0.694. The van der Waals surface area contributed by atoms with Gasteiger partial charge in [0.05, 0.1) is 17.6 Å². The average molecular weight is 281 g/mol. The number of benzene rings is 2. The van der Waals surface area contributed by atoms with E-state index in [1.165, 1.54) is 0 Å². The van der Waals surface area contributed by atoms with Crippen LogP contribution < -0.4 is 4.90 Å². The van der Waals surface area contributed by atoms with Gasteiger partial charge in [0.1, 0.15) is 5.75 Å². The van der Waals surface area contributed by atoms with E-state index < -0.39 is 5.41 Å². The Kier molecular flexibility index (Phi) is 3.01. The van der Waals surface area contributed by atoms with Gasteiger partial charge in [-0.3, -0.25) is 4.79 Å². The average Bonchev–Trinajstić information content (AvgIpc) is 2.66. The molecule has 21 heavy (non-hydrogen) atoms. The molecule has 108 valence electrons. The molecule has 2 aromatic rings. The molecule has 0 saturated heterocycles. The molecule has 0 aromatic heterocycles. The van der Waals surface area contributed by atoms with E-state index in [1.54, 1.807) is 11.0 Å². The number of hydrogen-bond donors (Lipinski definition) is 1. The Balaban J connectivity index is 2.13. The Bertz CT molecular complexity index is 705. The first-order valence-electron chi connectivity index (χ1n) is 7.12. The highest BCUT2D eigenvalue weighted by molar-refractivity contribution is 6.09. The van der Waals surface area contributed by atoms with E-state index in [2.05, 4.69) is 0 Å².